The summed E-state index contributed by atoms with van der Waals surface area (Å²) in [6.07, 6.45) is 0.765. The number of aromatic nitrogens is 2. The van der Waals surface area contributed by atoms with Gasteiger partial charge in [-0.15, -0.1) is 23.1 Å². The number of ether oxygens (including phenoxy) is 1. The lowest BCUT2D eigenvalue weighted by Gasteiger charge is -2.29. The van der Waals surface area contributed by atoms with Crippen LogP contribution in [-0.4, -0.2) is 15.2 Å². The number of benzene rings is 1. The molecule has 3 aromatic rings. The zero-order chi connectivity index (χ0) is 18.3. The van der Waals surface area contributed by atoms with E-state index in [1.165, 1.54) is 4.90 Å². The molecule has 26 heavy (non-hydrogen) atoms. The smallest absolute Gasteiger partial charge is 0.262 e. The molecular formula is C20H22N2O2S2. The summed E-state index contributed by atoms with van der Waals surface area (Å²) in [7, 11) is 0. The maximum Gasteiger partial charge on any atom is 0.262 e. The molecule has 4 nitrogen and oxygen atoms in total. The van der Waals surface area contributed by atoms with Crippen LogP contribution in [0.15, 0.2) is 40.0 Å². The van der Waals surface area contributed by atoms with Gasteiger partial charge in [0.05, 0.1) is 23.3 Å². The molecule has 1 aliphatic heterocycles. The summed E-state index contributed by atoms with van der Waals surface area (Å²) < 4.78 is 7.75. The van der Waals surface area contributed by atoms with Crippen LogP contribution in [0.3, 0.4) is 0 Å². The Morgan fingerprint density at radius 3 is 2.81 bits per heavy atom. The Morgan fingerprint density at radius 2 is 2.08 bits per heavy atom. The maximum absolute atomic E-state index is 13.2. The first kappa shape index (κ1) is 17.8. The topological polar surface area (TPSA) is 44.1 Å². The molecule has 0 spiro atoms. The molecule has 0 radical (unpaired) electrons. The molecule has 1 aliphatic rings. The van der Waals surface area contributed by atoms with Crippen molar-refractivity contribution >= 4 is 33.3 Å². The lowest BCUT2D eigenvalue weighted by Crippen LogP contribution is -2.32. The van der Waals surface area contributed by atoms with Crippen LogP contribution in [0.4, 0.5) is 0 Å². The third-order valence-corrected chi connectivity index (χ3v) is 6.80. The standard InChI is InChI=1S/C20H22N2O2S2/c1-4-22-16(12-25-13-8-6-5-7-9-13)21-18-17(19(22)23)14-10-20(2,3)24-11-15(14)26-18/h5-9H,4,10-12H2,1-3H3. The highest BCUT2D eigenvalue weighted by Gasteiger charge is 2.31. The summed E-state index contributed by atoms with van der Waals surface area (Å²) in [5.41, 5.74) is 1.01. The Kier molecular flexibility index (Phi) is 4.67. The molecule has 6 heteroatoms. The van der Waals surface area contributed by atoms with Crippen LogP contribution in [0.5, 0.6) is 0 Å². The molecule has 0 N–H and O–H groups in total. The van der Waals surface area contributed by atoms with E-state index in [0.29, 0.717) is 18.9 Å². The zero-order valence-corrected chi connectivity index (χ0v) is 16.9. The van der Waals surface area contributed by atoms with Crippen molar-refractivity contribution in [3.8, 4) is 0 Å². The fourth-order valence-corrected chi connectivity index (χ4v) is 5.35. The molecular weight excluding hydrogens is 364 g/mol. The van der Waals surface area contributed by atoms with Gasteiger partial charge in [-0.05, 0) is 38.5 Å². The summed E-state index contributed by atoms with van der Waals surface area (Å²) in [5.74, 6) is 1.53. The van der Waals surface area contributed by atoms with Crippen LogP contribution in [0, 0.1) is 0 Å². The maximum atomic E-state index is 13.2. The van der Waals surface area contributed by atoms with Crippen molar-refractivity contribution < 1.29 is 4.74 Å². The van der Waals surface area contributed by atoms with E-state index in [1.807, 2.05) is 29.7 Å². The number of hydrogen-bond donors (Lipinski definition) is 0. The van der Waals surface area contributed by atoms with E-state index in [4.69, 9.17) is 9.72 Å². The third-order valence-electron chi connectivity index (χ3n) is 4.70. The van der Waals surface area contributed by atoms with Crippen molar-refractivity contribution in [2.24, 2.45) is 0 Å². The number of thiophene rings is 1. The van der Waals surface area contributed by atoms with E-state index in [0.717, 1.165) is 32.9 Å². The molecule has 0 amide bonds. The molecule has 0 aliphatic carbocycles. The van der Waals surface area contributed by atoms with Crippen molar-refractivity contribution in [1.82, 2.24) is 9.55 Å². The molecule has 0 saturated carbocycles. The lowest BCUT2D eigenvalue weighted by atomic mass is 9.94. The average Bonchev–Trinajstić information content (AvgIpc) is 2.97. The van der Waals surface area contributed by atoms with Gasteiger partial charge in [0.15, 0.2) is 0 Å². The second-order valence-electron chi connectivity index (χ2n) is 7.09. The molecule has 0 saturated heterocycles. The van der Waals surface area contributed by atoms with Crippen LogP contribution >= 0.6 is 23.1 Å². The summed E-state index contributed by atoms with van der Waals surface area (Å²) in [6, 6.07) is 10.2. The molecule has 0 fully saturated rings. The molecule has 3 heterocycles. The number of rotatable bonds is 4. The van der Waals surface area contributed by atoms with E-state index in [-0.39, 0.29) is 11.2 Å². The fourth-order valence-electron chi connectivity index (χ4n) is 3.37. The van der Waals surface area contributed by atoms with Crippen molar-refractivity contribution in [2.45, 2.75) is 56.6 Å². The molecule has 0 unspecified atom stereocenters. The van der Waals surface area contributed by atoms with Gasteiger partial charge in [-0.25, -0.2) is 4.98 Å². The quantitative estimate of drug-likeness (QED) is 0.614. The van der Waals surface area contributed by atoms with Gasteiger partial charge >= 0.3 is 0 Å². The first-order valence-electron chi connectivity index (χ1n) is 8.84. The Hall–Kier alpha value is -1.63. The molecule has 136 valence electrons. The SMILES string of the molecule is CCn1c(CSc2ccccc2)nc2sc3c(c2c1=O)CC(C)(C)OC3. The van der Waals surface area contributed by atoms with E-state index < -0.39 is 0 Å². The van der Waals surface area contributed by atoms with Crippen molar-refractivity contribution in [1.29, 1.82) is 0 Å². The highest BCUT2D eigenvalue weighted by molar-refractivity contribution is 7.98. The minimum Gasteiger partial charge on any atom is -0.370 e. The first-order valence-corrected chi connectivity index (χ1v) is 10.6. The molecule has 4 rings (SSSR count). The zero-order valence-electron chi connectivity index (χ0n) is 15.2. The second kappa shape index (κ2) is 6.83. The van der Waals surface area contributed by atoms with Crippen LogP contribution in [0.2, 0.25) is 0 Å². The highest BCUT2D eigenvalue weighted by Crippen LogP contribution is 2.37. The predicted octanol–water partition coefficient (Wildman–Crippen LogP) is 4.62. The van der Waals surface area contributed by atoms with Gasteiger partial charge in [-0.2, -0.15) is 0 Å². The van der Waals surface area contributed by atoms with Gasteiger partial charge in [-0.1, -0.05) is 18.2 Å². The molecule has 1 aromatic carbocycles. The van der Waals surface area contributed by atoms with Gasteiger partial charge in [0.1, 0.15) is 10.7 Å². The van der Waals surface area contributed by atoms with E-state index >= 15 is 0 Å². The van der Waals surface area contributed by atoms with Crippen LogP contribution in [0.25, 0.3) is 10.2 Å². The van der Waals surface area contributed by atoms with Crippen LogP contribution in [0.1, 0.15) is 37.0 Å². The average molecular weight is 387 g/mol. The molecule has 0 atom stereocenters. The van der Waals surface area contributed by atoms with Gasteiger partial charge in [-0.3, -0.25) is 9.36 Å². The minimum absolute atomic E-state index is 0.0939. The summed E-state index contributed by atoms with van der Waals surface area (Å²) in [5, 5.41) is 0.802. The van der Waals surface area contributed by atoms with E-state index in [9.17, 15) is 4.79 Å². The minimum atomic E-state index is -0.230. The van der Waals surface area contributed by atoms with Gasteiger partial charge < -0.3 is 4.74 Å². The lowest BCUT2D eigenvalue weighted by molar-refractivity contribution is -0.0379. The van der Waals surface area contributed by atoms with Crippen molar-refractivity contribution in [3.05, 3.63) is 57.0 Å². The van der Waals surface area contributed by atoms with Crippen molar-refractivity contribution in [2.75, 3.05) is 0 Å². The Labute approximate surface area is 161 Å². The Balaban J connectivity index is 1.77. The Morgan fingerprint density at radius 1 is 1.31 bits per heavy atom. The predicted molar refractivity (Wildman–Crippen MR) is 108 cm³/mol. The first-order chi connectivity index (χ1) is 12.5. The third kappa shape index (κ3) is 3.21. The van der Waals surface area contributed by atoms with Crippen LogP contribution in [-0.2, 0) is 30.1 Å². The summed E-state index contributed by atoms with van der Waals surface area (Å²) in [6.45, 7) is 7.38. The number of hydrogen-bond acceptors (Lipinski definition) is 5. The molecule has 2 aromatic heterocycles. The monoisotopic (exact) mass is 386 g/mol. The Bertz CT molecular complexity index is 1010. The van der Waals surface area contributed by atoms with Crippen molar-refractivity contribution in [3.63, 3.8) is 0 Å². The van der Waals surface area contributed by atoms with Gasteiger partial charge in [0.2, 0.25) is 0 Å². The molecule has 0 bridgehead atoms. The second-order valence-corrected chi connectivity index (χ2v) is 9.22. The van der Waals surface area contributed by atoms with E-state index in [2.05, 4.69) is 26.0 Å². The van der Waals surface area contributed by atoms with Gasteiger partial charge in [0.25, 0.3) is 5.56 Å². The summed E-state index contributed by atoms with van der Waals surface area (Å²) in [4.78, 5) is 21.3. The van der Waals surface area contributed by atoms with E-state index in [1.54, 1.807) is 23.1 Å². The normalized spacial score (nSPS) is 16.0. The fraction of sp³-hybridized carbons (Fsp3) is 0.400. The largest absolute Gasteiger partial charge is 0.370 e. The summed E-state index contributed by atoms with van der Waals surface area (Å²) >= 11 is 3.32. The number of fused-ring (bicyclic) bond motifs is 3. The number of thioether (sulfide) groups is 1. The van der Waals surface area contributed by atoms with Crippen LogP contribution < -0.4 is 5.56 Å². The van der Waals surface area contributed by atoms with Gasteiger partial charge in [0, 0.05) is 22.7 Å². The highest BCUT2D eigenvalue weighted by atomic mass is 32.2. The number of nitrogens with zero attached hydrogens (tertiary/aromatic N) is 2.